The number of ether oxygens (including phenoxy) is 1. The van der Waals surface area contributed by atoms with Crippen LogP contribution in [0.2, 0.25) is 0 Å². The molecule has 7 nitrogen and oxygen atoms in total. The lowest BCUT2D eigenvalue weighted by molar-refractivity contribution is -0.143. The smallest absolute Gasteiger partial charge is 0.328 e. The van der Waals surface area contributed by atoms with Crippen molar-refractivity contribution in [1.82, 2.24) is 10.6 Å². The number of carboxylic acids is 1. The van der Waals surface area contributed by atoms with E-state index in [-0.39, 0.29) is 19.1 Å². The van der Waals surface area contributed by atoms with Crippen LogP contribution in [-0.2, 0) is 19.1 Å². The van der Waals surface area contributed by atoms with Crippen LogP contribution in [0.25, 0.3) is 0 Å². The number of aliphatic carboxylic acids is 1. The third-order valence-corrected chi connectivity index (χ3v) is 2.06. The van der Waals surface area contributed by atoms with Crippen LogP contribution in [0.4, 0.5) is 0 Å². The van der Waals surface area contributed by atoms with Crippen molar-refractivity contribution in [1.29, 1.82) is 0 Å². The van der Waals surface area contributed by atoms with Crippen molar-refractivity contribution < 1.29 is 24.2 Å². The minimum Gasteiger partial charge on any atom is -0.480 e. The lowest BCUT2D eigenvalue weighted by Gasteiger charge is -2.18. The van der Waals surface area contributed by atoms with Crippen LogP contribution in [-0.4, -0.2) is 49.2 Å². The Morgan fingerprint density at radius 2 is 1.83 bits per heavy atom. The second-order valence-corrected chi connectivity index (χ2v) is 4.85. The normalized spacial score (nSPS) is 12.7. The Hall–Kier alpha value is -1.63. The molecule has 3 N–H and O–H groups in total. The number of carbonyl (C=O) groups is 3. The van der Waals surface area contributed by atoms with Crippen molar-refractivity contribution in [2.24, 2.45) is 5.41 Å². The first kappa shape index (κ1) is 16.4. The predicted octanol–water partition coefficient (Wildman–Crippen LogP) is -0.635. The Morgan fingerprint density at radius 3 is 2.22 bits per heavy atom. The van der Waals surface area contributed by atoms with E-state index in [2.05, 4.69) is 15.4 Å². The van der Waals surface area contributed by atoms with Gasteiger partial charge in [-0.2, -0.15) is 0 Å². The summed E-state index contributed by atoms with van der Waals surface area (Å²) in [6.45, 7) is 4.75. The molecule has 0 aliphatic carbocycles. The highest BCUT2D eigenvalue weighted by Crippen LogP contribution is 2.11. The van der Waals surface area contributed by atoms with E-state index in [4.69, 9.17) is 5.11 Å². The predicted molar refractivity (Wildman–Crippen MR) is 63.9 cm³/mol. The van der Waals surface area contributed by atoms with Crippen molar-refractivity contribution >= 4 is 17.8 Å². The van der Waals surface area contributed by atoms with E-state index in [1.807, 2.05) is 0 Å². The first-order valence-corrected chi connectivity index (χ1v) is 5.48. The molecule has 0 saturated carbocycles. The number of carbonyl (C=O) groups excluding carboxylic acids is 2. The monoisotopic (exact) mass is 260 g/mol. The quantitative estimate of drug-likeness (QED) is 0.589. The number of hydrogen-bond donors (Lipinski definition) is 3. The second-order valence-electron chi connectivity index (χ2n) is 4.85. The molecule has 2 amide bonds. The molecule has 0 aromatic heterocycles. The van der Waals surface area contributed by atoms with Crippen molar-refractivity contribution in [2.45, 2.75) is 26.8 Å². The fraction of sp³-hybridized carbons (Fsp3) is 0.727. The summed E-state index contributed by atoms with van der Waals surface area (Å²) >= 11 is 0. The molecule has 0 spiro atoms. The lowest BCUT2D eigenvalue weighted by Crippen LogP contribution is -2.48. The zero-order chi connectivity index (χ0) is 14.3. The molecule has 0 fully saturated rings. The Morgan fingerprint density at radius 1 is 1.28 bits per heavy atom. The van der Waals surface area contributed by atoms with Crippen LogP contribution in [0, 0.1) is 5.41 Å². The topological polar surface area (TPSA) is 105 Å². The molecule has 0 aliphatic heterocycles. The van der Waals surface area contributed by atoms with E-state index in [1.165, 1.54) is 7.11 Å². The van der Waals surface area contributed by atoms with E-state index in [9.17, 15) is 14.4 Å². The van der Waals surface area contributed by atoms with Crippen LogP contribution < -0.4 is 10.6 Å². The van der Waals surface area contributed by atoms with Gasteiger partial charge in [-0.3, -0.25) is 9.59 Å². The average Bonchev–Trinajstić information content (AvgIpc) is 2.23. The molecule has 0 rings (SSSR count). The van der Waals surface area contributed by atoms with Crippen molar-refractivity contribution in [3.63, 3.8) is 0 Å². The largest absolute Gasteiger partial charge is 0.480 e. The van der Waals surface area contributed by atoms with Gasteiger partial charge < -0.3 is 20.5 Å². The highest BCUT2D eigenvalue weighted by Gasteiger charge is 2.23. The van der Waals surface area contributed by atoms with Gasteiger partial charge in [0, 0.05) is 12.5 Å². The Balaban J connectivity index is 4.18. The number of hydrogen-bond acceptors (Lipinski definition) is 4. The molecule has 1 atom stereocenters. The molecule has 7 heteroatoms. The molecule has 0 aromatic rings. The fourth-order valence-electron chi connectivity index (χ4n) is 1.01. The molecule has 18 heavy (non-hydrogen) atoms. The maximum Gasteiger partial charge on any atom is 0.328 e. The van der Waals surface area contributed by atoms with Crippen molar-refractivity contribution in [3.05, 3.63) is 0 Å². The lowest BCUT2D eigenvalue weighted by atomic mass is 9.96. The molecule has 0 aromatic carbocycles. The van der Waals surface area contributed by atoms with Crippen LogP contribution in [0.15, 0.2) is 0 Å². The summed E-state index contributed by atoms with van der Waals surface area (Å²) in [5.74, 6) is -2.04. The van der Waals surface area contributed by atoms with Gasteiger partial charge in [0.05, 0.1) is 13.2 Å². The molecular formula is C11H20N2O5. The number of carboxylic acid groups (broad SMARTS) is 1. The zero-order valence-corrected chi connectivity index (χ0v) is 11.1. The molecule has 0 bridgehead atoms. The minimum atomic E-state index is -1.19. The average molecular weight is 260 g/mol. The number of amides is 2. The molecule has 104 valence electrons. The molecule has 0 saturated heterocycles. The standard InChI is InChI=1S/C11H20N2O5/c1-11(2,3)10(17)12-5-8(14)13-7(6-18-4)9(15)16/h7H,5-6H2,1-4H3,(H,12,17)(H,13,14)(H,15,16). The van der Waals surface area contributed by atoms with Gasteiger partial charge in [-0.1, -0.05) is 20.8 Å². The Bertz CT molecular complexity index is 322. The fourth-order valence-corrected chi connectivity index (χ4v) is 1.01. The minimum absolute atomic E-state index is 0.131. The van der Waals surface area contributed by atoms with E-state index in [1.54, 1.807) is 20.8 Å². The summed E-state index contributed by atoms with van der Waals surface area (Å²) in [6, 6.07) is -1.12. The van der Waals surface area contributed by atoms with Crippen LogP contribution in [0.3, 0.4) is 0 Å². The van der Waals surface area contributed by atoms with Gasteiger partial charge in [-0.25, -0.2) is 4.79 Å². The van der Waals surface area contributed by atoms with Crippen LogP contribution in [0.1, 0.15) is 20.8 Å². The van der Waals surface area contributed by atoms with Gasteiger partial charge in [-0.05, 0) is 0 Å². The summed E-state index contributed by atoms with van der Waals surface area (Å²) in [5.41, 5.74) is -0.598. The van der Waals surface area contributed by atoms with Gasteiger partial charge in [0.15, 0.2) is 6.04 Å². The molecule has 0 heterocycles. The van der Waals surface area contributed by atoms with E-state index >= 15 is 0 Å². The summed E-state index contributed by atoms with van der Waals surface area (Å²) in [6.07, 6.45) is 0. The van der Waals surface area contributed by atoms with Gasteiger partial charge in [-0.15, -0.1) is 0 Å². The summed E-state index contributed by atoms with van der Waals surface area (Å²) in [4.78, 5) is 33.6. The third kappa shape index (κ3) is 6.19. The summed E-state index contributed by atoms with van der Waals surface area (Å²) < 4.78 is 4.66. The molecule has 1 unspecified atom stereocenters. The van der Waals surface area contributed by atoms with Gasteiger partial charge in [0.25, 0.3) is 0 Å². The summed E-state index contributed by atoms with van der Waals surface area (Å²) in [5, 5.41) is 13.4. The first-order chi connectivity index (χ1) is 8.18. The maximum absolute atomic E-state index is 11.5. The number of rotatable bonds is 6. The van der Waals surface area contributed by atoms with E-state index in [0.29, 0.717) is 0 Å². The SMILES string of the molecule is COCC(NC(=O)CNC(=O)C(C)(C)C)C(=O)O. The maximum atomic E-state index is 11.5. The van der Waals surface area contributed by atoms with Crippen LogP contribution in [0.5, 0.6) is 0 Å². The van der Waals surface area contributed by atoms with Gasteiger partial charge >= 0.3 is 5.97 Å². The molecular weight excluding hydrogens is 240 g/mol. The third-order valence-electron chi connectivity index (χ3n) is 2.06. The number of nitrogens with one attached hydrogen (secondary N) is 2. The first-order valence-electron chi connectivity index (χ1n) is 5.48. The van der Waals surface area contributed by atoms with E-state index in [0.717, 1.165) is 0 Å². The number of methoxy groups -OCH3 is 1. The van der Waals surface area contributed by atoms with Crippen molar-refractivity contribution in [3.8, 4) is 0 Å². The van der Waals surface area contributed by atoms with E-state index < -0.39 is 23.3 Å². The Kier molecular flexibility index (Phi) is 6.32. The van der Waals surface area contributed by atoms with Gasteiger partial charge in [0.1, 0.15) is 0 Å². The Labute approximate surface area is 106 Å². The summed E-state index contributed by atoms with van der Waals surface area (Å²) in [7, 11) is 1.34. The molecule has 0 radical (unpaired) electrons. The highest BCUT2D eigenvalue weighted by molar-refractivity contribution is 5.89. The van der Waals surface area contributed by atoms with Crippen LogP contribution >= 0.6 is 0 Å². The zero-order valence-electron chi connectivity index (χ0n) is 11.1. The highest BCUT2D eigenvalue weighted by atomic mass is 16.5. The second kappa shape index (κ2) is 6.95. The van der Waals surface area contributed by atoms with Gasteiger partial charge in [0.2, 0.25) is 11.8 Å². The molecule has 0 aliphatic rings. The van der Waals surface area contributed by atoms with Crippen molar-refractivity contribution in [2.75, 3.05) is 20.3 Å².